The summed E-state index contributed by atoms with van der Waals surface area (Å²) < 4.78 is 4.78. The molecule has 0 saturated carbocycles. The number of hydrogen-bond acceptors (Lipinski definition) is 6. The molecule has 2 aromatic rings. The van der Waals surface area contributed by atoms with Crippen molar-refractivity contribution in [3.8, 4) is 0 Å². The smallest absolute Gasteiger partial charge is 0.0941 e. The molecule has 3 N–H and O–H groups in total. The van der Waals surface area contributed by atoms with E-state index in [4.69, 9.17) is 5.84 Å². The lowest BCUT2D eigenvalue weighted by Crippen LogP contribution is -2.29. The lowest BCUT2D eigenvalue weighted by molar-refractivity contribution is 0.536. The monoisotopic (exact) mass is 299 g/mol. The van der Waals surface area contributed by atoms with Crippen molar-refractivity contribution in [1.82, 2.24) is 20.0 Å². The minimum Gasteiger partial charge on any atom is -0.271 e. The minimum absolute atomic E-state index is 0.0325. The fraction of sp³-hybridized carbons (Fsp3) is 0.222. The van der Waals surface area contributed by atoms with Crippen LogP contribution in [0.3, 0.4) is 0 Å². The van der Waals surface area contributed by atoms with Crippen molar-refractivity contribution in [3.05, 3.63) is 39.6 Å². The van der Waals surface area contributed by atoms with E-state index in [1.807, 2.05) is 17.6 Å². The van der Waals surface area contributed by atoms with Gasteiger partial charge >= 0.3 is 0 Å². The number of aromatic nitrogens is 3. The number of hydrazine groups is 1. The van der Waals surface area contributed by atoms with Gasteiger partial charge < -0.3 is 0 Å². The van der Waals surface area contributed by atoms with Crippen LogP contribution in [0.25, 0.3) is 0 Å². The number of nitrogens with zero attached hydrogens (tertiary/aromatic N) is 3. The van der Waals surface area contributed by atoms with Gasteiger partial charge in [-0.15, -0.1) is 5.10 Å². The molecule has 0 aliphatic rings. The van der Waals surface area contributed by atoms with Crippen LogP contribution in [0.2, 0.25) is 0 Å². The molecule has 1 atom stereocenters. The van der Waals surface area contributed by atoms with Crippen molar-refractivity contribution in [2.75, 3.05) is 0 Å². The summed E-state index contributed by atoms with van der Waals surface area (Å²) in [5.74, 6) is 5.50. The molecule has 0 saturated heterocycles. The standard InChI is InChI=1S/C9H10BrN5S/c10-7-1-6(3-12-4-7)2-8(13-11)9-5-16-15-14-9/h1,3-5,8,13H,2,11H2. The van der Waals surface area contributed by atoms with Crippen molar-refractivity contribution >= 4 is 27.5 Å². The minimum atomic E-state index is -0.0325. The van der Waals surface area contributed by atoms with Gasteiger partial charge in [0.1, 0.15) is 0 Å². The highest BCUT2D eigenvalue weighted by Gasteiger charge is 2.13. The molecule has 2 aromatic heterocycles. The Labute approximate surface area is 105 Å². The molecule has 5 nitrogen and oxygen atoms in total. The summed E-state index contributed by atoms with van der Waals surface area (Å²) in [6.45, 7) is 0. The van der Waals surface area contributed by atoms with Gasteiger partial charge in [-0.1, -0.05) is 4.49 Å². The van der Waals surface area contributed by atoms with Crippen LogP contribution in [-0.2, 0) is 6.42 Å². The third-order valence-electron chi connectivity index (χ3n) is 2.14. The van der Waals surface area contributed by atoms with E-state index in [9.17, 15) is 0 Å². The lowest BCUT2D eigenvalue weighted by atomic mass is 10.1. The molecule has 0 radical (unpaired) electrons. The van der Waals surface area contributed by atoms with E-state index in [-0.39, 0.29) is 6.04 Å². The summed E-state index contributed by atoms with van der Waals surface area (Å²) in [5, 5.41) is 5.88. The van der Waals surface area contributed by atoms with Crippen molar-refractivity contribution in [3.63, 3.8) is 0 Å². The van der Waals surface area contributed by atoms with Gasteiger partial charge in [-0.3, -0.25) is 16.3 Å². The molecule has 1 unspecified atom stereocenters. The van der Waals surface area contributed by atoms with E-state index >= 15 is 0 Å². The summed E-state index contributed by atoms with van der Waals surface area (Å²) in [7, 11) is 0. The van der Waals surface area contributed by atoms with Gasteiger partial charge in [0, 0.05) is 22.2 Å². The van der Waals surface area contributed by atoms with Crippen molar-refractivity contribution in [2.45, 2.75) is 12.5 Å². The van der Waals surface area contributed by atoms with Crippen LogP contribution < -0.4 is 11.3 Å². The molecular formula is C9H10BrN5S. The van der Waals surface area contributed by atoms with Gasteiger partial charge in [0.2, 0.25) is 0 Å². The molecule has 0 aromatic carbocycles. The second-order valence-corrected chi connectivity index (χ2v) is 4.79. The first-order valence-corrected chi connectivity index (χ1v) is 6.25. The van der Waals surface area contributed by atoms with E-state index in [0.717, 1.165) is 22.2 Å². The van der Waals surface area contributed by atoms with Crippen LogP contribution in [0.4, 0.5) is 0 Å². The Morgan fingerprint density at radius 1 is 1.50 bits per heavy atom. The number of nitrogens with one attached hydrogen (secondary N) is 1. The first kappa shape index (κ1) is 11.6. The molecule has 0 spiro atoms. The predicted molar refractivity (Wildman–Crippen MR) is 65.6 cm³/mol. The first-order valence-electron chi connectivity index (χ1n) is 4.62. The number of hydrogen-bond donors (Lipinski definition) is 2. The Morgan fingerprint density at radius 2 is 2.38 bits per heavy atom. The van der Waals surface area contributed by atoms with Crippen LogP contribution >= 0.6 is 27.5 Å². The van der Waals surface area contributed by atoms with E-state index in [2.05, 4.69) is 35.9 Å². The van der Waals surface area contributed by atoms with Gasteiger partial charge in [0.05, 0.1) is 11.7 Å². The molecule has 2 rings (SSSR count). The summed E-state index contributed by atoms with van der Waals surface area (Å²) in [6, 6.07) is 1.98. The number of rotatable bonds is 4. The Morgan fingerprint density at radius 3 is 3.00 bits per heavy atom. The molecule has 0 bridgehead atoms. The SMILES string of the molecule is NNC(Cc1cncc(Br)c1)c1csnn1. The quantitative estimate of drug-likeness (QED) is 0.660. The molecule has 84 valence electrons. The zero-order valence-corrected chi connectivity index (χ0v) is 10.7. The number of nitrogens with two attached hydrogens (primary N) is 1. The highest BCUT2D eigenvalue weighted by Crippen LogP contribution is 2.18. The Bertz CT molecular complexity index is 447. The largest absolute Gasteiger partial charge is 0.271 e. The average Bonchev–Trinajstić information content (AvgIpc) is 2.79. The highest BCUT2D eigenvalue weighted by atomic mass is 79.9. The summed E-state index contributed by atoms with van der Waals surface area (Å²) in [6.07, 6.45) is 4.29. The fourth-order valence-corrected chi connectivity index (χ4v) is 2.30. The predicted octanol–water partition coefficient (Wildman–Crippen LogP) is 1.44. The van der Waals surface area contributed by atoms with Crippen molar-refractivity contribution in [2.24, 2.45) is 5.84 Å². The number of halogens is 1. The third kappa shape index (κ3) is 2.82. The molecule has 0 aliphatic carbocycles. The lowest BCUT2D eigenvalue weighted by Gasteiger charge is -2.12. The summed E-state index contributed by atoms with van der Waals surface area (Å²) >= 11 is 4.70. The van der Waals surface area contributed by atoms with Crippen LogP contribution in [0.5, 0.6) is 0 Å². The number of pyridine rings is 1. The van der Waals surface area contributed by atoms with Crippen molar-refractivity contribution in [1.29, 1.82) is 0 Å². The average molecular weight is 300 g/mol. The molecule has 2 heterocycles. The highest BCUT2D eigenvalue weighted by molar-refractivity contribution is 9.10. The van der Waals surface area contributed by atoms with Crippen LogP contribution in [-0.4, -0.2) is 14.6 Å². The molecule has 0 fully saturated rings. The normalized spacial score (nSPS) is 12.6. The molecule has 0 aliphatic heterocycles. The fourth-order valence-electron chi connectivity index (χ4n) is 1.38. The van der Waals surface area contributed by atoms with E-state index in [1.54, 1.807) is 6.20 Å². The third-order valence-corrected chi connectivity index (χ3v) is 3.09. The Kier molecular flexibility index (Phi) is 3.94. The second-order valence-electron chi connectivity index (χ2n) is 3.26. The van der Waals surface area contributed by atoms with E-state index in [1.165, 1.54) is 11.5 Å². The molecule has 0 amide bonds. The molecule has 16 heavy (non-hydrogen) atoms. The maximum absolute atomic E-state index is 5.50. The summed E-state index contributed by atoms with van der Waals surface area (Å²) in [5.41, 5.74) is 4.68. The van der Waals surface area contributed by atoms with Crippen LogP contribution in [0, 0.1) is 0 Å². The van der Waals surface area contributed by atoms with E-state index in [0.29, 0.717) is 0 Å². The zero-order chi connectivity index (χ0) is 11.4. The van der Waals surface area contributed by atoms with Crippen molar-refractivity contribution < 1.29 is 0 Å². The first-order chi connectivity index (χ1) is 7.79. The van der Waals surface area contributed by atoms with Gasteiger partial charge in [0.25, 0.3) is 0 Å². The van der Waals surface area contributed by atoms with Gasteiger partial charge in [0.15, 0.2) is 0 Å². The Balaban J connectivity index is 2.13. The van der Waals surface area contributed by atoms with Gasteiger partial charge in [-0.05, 0) is 45.5 Å². The van der Waals surface area contributed by atoms with Crippen LogP contribution in [0.15, 0.2) is 28.3 Å². The second kappa shape index (κ2) is 5.44. The topological polar surface area (TPSA) is 76.7 Å². The van der Waals surface area contributed by atoms with Crippen LogP contribution in [0.1, 0.15) is 17.3 Å². The van der Waals surface area contributed by atoms with Gasteiger partial charge in [-0.2, -0.15) is 0 Å². The van der Waals surface area contributed by atoms with Gasteiger partial charge in [-0.25, -0.2) is 0 Å². The van der Waals surface area contributed by atoms with E-state index < -0.39 is 0 Å². The molecule has 7 heteroatoms. The zero-order valence-electron chi connectivity index (χ0n) is 8.30. The Hall–Kier alpha value is -0.890. The summed E-state index contributed by atoms with van der Waals surface area (Å²) in [4.78, 5) is 4.10. The maximum atomic E-state index is 5.50. The maximum Gasteiger partial charge on any atom is 0.0941 e. The molecular weight excluding hydrogens is 290 g/mol.